The van der Waals surface area contributed by atoms with Crippen LogP contribution in [0.4, 0.5) is 5.69 Å². The van der Waals surface area contributed by atoms with Crippen molar-refractivity contribution in [1.29, 1.82) is 0 Å². The summed E-state index contributed by atoms with van der Waals surface area (Å²) in [6.07, 6.45) is -0.264. The van der Waals surface area contributed by atoms with Gasteiger partial charge in [0.1, 0.15) is 0 Å². The summed E-state index contributed by atoms with van der Waals surface area (Å²) < 4.78 is 4.50. The summed E-state index contributed by atoms with van der Waals surface area (Å²) in [4.78, 5) is 23.0. The van der Waals surface area contributed by atoms with E-state index in [1.807, 2.05) is 0 Å². The second-order valence-corrected chi connectivity index (χ2v) is 3.57. The van der Waals surface area contributed by atoms with Crippen molar-refractivity contribution in [2.75, 3.05) is 12.4 Å². The van der Waals surface area contributed by atoms with Crippen LogP contribution in [0.15, 0.2) is 29.8 Å². The summed E-state index contributed by atoms with van der Waals surface area (Å²) in [5.41, 5.74) is 0.579. The van der Waals surface area contributed by atoms with Crippen molar-refractivity contribution in [3.63, 3.8) is 0 Å². The van der Waals surface area contributed by atoms with Crippen molar-refractivity contribution < 1.29 is 19.4 Å². The highest BCUT2D eigenvalue weighted by Crippen LogP contribution is 2.27. The number of amides is 1. The number of hydrogen-bond acceptors (Lipinski definition) is 4. The fourth-order valence-electron chi connectivity index (χ4n) is 1.68. The number of carbonyl (C=O) groups excluding carboxylic acids is 2. The Kier molecular flexibility index (Phi) is 2.82. The average molecular weight is 232 g/mol. The molecule has 0 radical (unpaired) electrons. The van der Waals surface area contributed by atoms with Crippen LogP contribution in [0.1, 0.15) is 12.0 Å². The number of hydrogen-bond donors (Lipinski definition) is 1. The molecule has 1 heterocycles. The molecule has 0 saturated heterocycles. The van der Waals surface area contributed by atoms with Gasteiger partial charge in [-0.25, -0.2) is 4.79 Å². The van der Waals surface area contributed by atoms with Crippen molar-refractivity contribution in [1.82, 2.24) is 0 Å². The summed E-state index contributed by atoms with van der Waals surface area (Å²) in [5.74, 6) is -1.63. The summed E-state index contributed by atoms with van der Waals surface area (Å²) in [7, 11) is 1.18. The van der Waals surface area contributed by atoms with Crippen molar-refractivity contribution in [2.24, 2.45) is 0 Å². The maximum absolute atomic E-state index is 12.1. The van der Waals surface area contributed by atoms with E-state index in [-0.39, 0.29) is 12.0 Å². The van der Waals surface area contributed by atoms with Gasteiger partial charge in [-0.15, -0.1) is 0 Å². The lowest BCUT2D eigenvalue weighted by Crippen LogP contribution is -2.16. The van der Waals surface area contributed by atoms with E-state index in [1.54, 1.807) is 24.3 Å². The molecule has 5 heteroatoms. The molecule has 1 aliphatic rings. The van der Waals surface area contributed by atoms with Gasteiger partial charge in [0.05, 0.1) is 13.5 Å². The predicted octanol–water partition coefficient (Wildman–Crippen LogP) is 0.273. The predicted molar refractivity (Wildman–Crippen MR) is 58.6 cm³/mol. The first-order valence-corrected chi connectivity index (χ1v) is 5.01. The smallest absolute Gasteiger partial charge is 0.333 e. The quantitative estimate of drug-likeness (QED) is 0.705. The molecule has 5 nitrogen and oxygen atoms in total. The molecule has 88 valence electrons. The van der Waals surface area contributed by atoms with Gasteiger partial charge in [0.2, 0.25) is 5.91 Å². The number of para-hydroxylation sites is 1. The minimum Gasteiger partial charge on any atom is -0.872 e. The molecule has 2 rings (SSSR count). The van der Waals surface area contributed by atoms with Gasteiger partial charge in [-0.1, -0.05) is 24.0 Å². The van der Waals surface area contributed by atoms with Crippen LogP contribution in [0.3, 0.4) is 0 Å². The Balaban J connectivity index is 2.59. The van der Waals surface area contributed by atoms with Crippen molar-refractivity contribution in [2.45, 2.75) is 6.42 Å². The Labute approximate surface area is 97.7 Å². The Morgan fingerprint density at radius 1 is 1.41 bits per heavy atom. The zero-order chi connectivity index (χ0) is 12.4. The molecule has 1 amide bonds. The average Bonchev–Trinajstić information content (AvgIpc) is 2.46. The van der Waals surface area contributed by atoms with E-state index in [0.29, 0.717) is 11.3 Å². The first kappa shape index (κ1) is 11.2. The molecule has 1 N–H and O–H groups in total. The first-order valence-electron chi connectivity index (χ1n) is 5.01. The largest absolute Gasteiger partial charge is 0.872 e. The number of rotatable bonds is 1. The molecular formula is C12H10NO4-. The summed E-state index contributed by atoms with van der Waals surface area (Å²) in [6, 6.07) is 6.55. The lowest BCUT2D eigenvalue weighted by Gasteiger charge is -2.16. The third-order valence-electron chi connectivity index (χ3n) is 2.49. The zero-order valence-electron chi connectivity index (χ0n) is 9.15. The topological polar surface area (TPSA) is 78.5 Å². The molecule has 1 aromatic carbocycles. The highest BCUT2D eigenvalue weighted by molar-refractivity contribution is 6.07. The van der Waals surface area contributed by atoms with E-state index < -0.39 is 17.6 Å². The number of esters is 1. The van der Waals surface area contributed by atoms with Gasteiger partial charge in [0, 0.05) is 11.3 Å². The molecule has 0 bridgehead atoms. The third kappa shape index (κ3) is 1.99. The van der Waals surface area contributed by atoms with E-state index in [0.717, 1.165) is 0 Å². The summed E-state index contributed by atoms with van der Waals surface area (Å²) >= 11 is 0. The van der Waals surface area contributed by atoms with Crippen LogP contribution in [-0.4, -0.2) is 19.0 Å². The van der Waals surface area contributed by atoms with Crippen molar-refractivity contribution >= 4 is 23.3 Å². The third-order valence-corrected chi connectivity index (χ3v) is 2.49. The Morgan fingerprint density at radius 3 is 2.82 bits per heavy atom. The molecule has 0 atom stereocenters. The minimum absolute atomic E-state index is 0.144. The van der Waals surface area contributed by atoms with E-state index >= 15 is 0 Å². The maximum Gasteiger partial charge on any atom is 0.333 e. The lowest BCUT2D eigenvalue weighted by molar-refractivity contribution is -0.245. The summed E-state index contributed by atoms with van der Waals surface area (Å²) in [5, 5.41) is 14.6. The number of anilines is 1. The fraction of sp³-hybridized carbons (Fsp3) is 0.167. The van der Waals surface area contributed by atoms with Crippen LogP contribution < -0.4 is 10.4 Å². The number of nitrogens with one attached hydrogen (secondary N) is 1. The minimum atomic E-state index is -0.762. The van der Waals surface area contributed by atoms with Gasteiger partial charge in [-0.05, 0) is 11.6 Å². The molecule has 17 heavy (non-hydrogen) atoms. The number of ether oxygens (including phenoxy) is 1. The van der Waals surface area contributed by atoms with Crippen LogP contribution in [0.2, 0.25) is 0 Å². The lowest BCUT2D eigenvalue weighted by atomic mass is 10.1. The zero-order valence-corrected chi connectivity index (χ0v) is 9.15. The van der Waals surface area contributed by atoms with Crippen molar-refractivity contribution in [3.8, 4) is 0 Å². The van der Waals surface area contributed by atoms with E-state index in [9.17, 15) is 14.7 Å². The Morgan fingerprint density at radius 2 is 2.12 bits per heavy atom. The number of benzene rings is 1. The van der Waals surface area contributed by atoms with Gasteiger partial charge in [-0.2, -0.15) is 0 Å². The molecule has 0 spiro atoms. The summed E-state index contributed by atoms with van der Waals surface area (Å²) in [6.45, 7) is 0. The molecule has 0 fully saturated rings. The standard InChI is InChI=1S/C12H11NO4/c1-17-12(16)8-6-10(14)13-9-5-3-2-4-7(9)11(8)15/h2-5,15H,6H2,1H3,(H,13,14)/p-1. The van der Waals surface area contributed by atoms with E-state index in [4.69, 9.17) is 0 Å². The van der Waals surface area contributed by atoms with Crippen molar-refractivity contribution in [3.05, 3.63) is 35.4 Å². The van der Waals surface area contributed by atoms with Gasteiger partial charge >= 0.3 is 5.97 Å². The first-order chi connectivity index (χ1) is 8.13. The monoisotopic (exact) mass is 232 g/mol. The van der Waals surface area contributed by atoms with Crippen LogP contribution in [-0.2, 0) is 14.3 Å². The second kappa shape index (κ2) is 4.29. The van der Waals surface area contributed by atoms with Crippen LogP contribution in [0.5, 0.6) is 0 Å². The van der Waals surface area contributed by atoms with Gasteiger partial charge < -0.3 is 15.2 Å². The fourth-order valence-corrected chi connectivity index (χ4v) is 1.68. The Hall–Kier alpha value is -2.30. The molecule has 0 saturated carbocycles. The second-order valence-electron chi connectivity index (χ2n) is 3.57. The number of fused-ring (bicyclic) bond motifs is 1. The molecule has 1 aliphatic heterocycles. The van der Waals surface area contributed by atoms with E-state index in [2.05, 4.69) is 10.1 Å². The van der Waals surface area contributed by atoms with Crippen LogP contribution in [0, 0.1) is 0 Å². The number of methoxy groups -OCH3 is 1. The molecule has 0 aliphatic carbocycles. The molecular weight excluding hydrogens is 222 g/mol. The molecule has 0 aromatic heterocycles. The van der Waals surface area contributed by atoms with E-state index in [1.165, 1.54) is 7.11 Å². The van der Waals surface area contributed by atoms with Crippen LogP contribution >= 0.6 is 0 Å². The van der Waals surface area contributed by atoms with Gasteiger partial charge in [-0.3, -0.25) is 4.79 Å². The van der Waals surface area contributed by atoms with Crippen LogP contribution in [0.25, 0.3) is 5.76 Å². The normalized spacial score (nSPS) is 14.8. The SMILES string of the molecule is COC(=O)C1=C([O-])c2ccccc2NC(=O)C1. The molecule has 0 unspecified atom stereocenters. The highest BCUT2D eigenvalue weighted by atomic mass is 16.5. The maximum atomic E-state index is 12.1. The Bertz CT molecular complexity index is 519. The van der Waals surface area contributed by atoms with Gasteiger partial charge in [0.25, 0.3) is 0 Å². The number of carbonyl (C=O) groups is 2. The molecule has 1 aromatic rings. The highest BCUT2D eigenvalue weighted by Gasteiger charge is 2.21. The van der Waals surface area contributed by atoms with Gasteiger partial charge in [0.15, 0.2) is 0 Å².